The first-order valence-corrected chi connectivity index (χ1v) is 9.99. The Labute approximate surface area is 163 Å². The van der Waals surface area contributed by atoms with Crippen molar-refractivity contribution in [2.45, 2.75) is 33.2 Å². The predicted octanol–water partition coefficient (Wildman–Crippen LogP) is 5.61. The summed E-state index contributed by atoms with van der Waals surface area (Å²) in [5.74, 6) is 0.504. The molecule has 0 spiro atoms. The number of rotatable bonds is 4. The second-order valence-electron chi connectivity index (χ2n) is 7.18. The molecule has 4 aromatic rings. The third-order valence-electron chi connectivity index (χ3n) is 4.95. The molecule has 0 radical (unpaired) electrons. The molecular formula is C23H22N2OS. The Bertz CT molecular complexity index is 1140. The summed E-state index contributed by atoms with van der Waals surface area (Å²) in [5.41, 5.74) is 4.60. The molecule has 27 heavy (non-hydrogen) atoms. The van der Waals surface area contributed by atoms with Crippen molar-refractivity contribution in [2.24, 2.45) is 0 Å². The van der Waals surface area contributed by atoms with E-state index < -0.39 is 0 Å². The third-order valence-corrected chi connectivity index (χ3v) is 6.20. The highest BCUT2D eigenvalue weighted by molar-refractivity contribution is 7.22. The summed E-state index contributed by atoms with van der Waals surface area (Å²) in [6.07, 6.45) is 1.67. The highest BCUT2D eigenvalue weighted by Crippen LogP contribution is 2.35. The smallest absolute Gasteiger partial charge is 0.262 e. The summed E-state index contributed by atoms with van der Waals surface area (Å²) in [6, 6.07) is 18.7. The number of nitrogens with zero attached hydrogens (tertiary/aromatic N) is 2. The number of thiophene rings is 1. The van der Waals surface area contributed by atoms with E-state index in [1.165, 1.54) is 5.56 Å². The van der Waals surface area contributed by atoms with Crippen LogP contribution in [0.1, 0.15) is 36.5 Å². The maximum Gasteiger partial charge on any atom is 0.262 e. The first-order valence-electron chi connectivity index (χ1n) is 9.17. The lowest BCUT2D eigenvalue weighted by molar-refractivity contribution is 0.747. The van der Waals surface area contributed by atoms with E-state index in [2.05, 4.69) is 55.2 Å². The van der Waals surface area contributed by atoms with Crippen molar-refractivity contribution in [2.75, 3.05) is 0 Å². The summed E-state index contributed by atoms with van der Waals surface area (Å²) in [6.45, 7) is 6.92. The van der Waals surface area contributed by atoms with Crippen LogP contribution in [-0.4, -0.2) is 9.55 Å². The summed E-state index contributed by atoms with van der Waals surface area (Å²) < 4.78 is 1.71. The van der Waals surface area contributed by atoms with Crippen LogP contribution in [0.3, 0.4) is 0 Å². The van der Waals surface area contributed by atoms with Gasteiger partial charge in [0.05, 0.1) is 18.3 Å². The van der Waals surface area contributed by atoms with Gasteiger partial charge in [0.15, 0.2) is 0 Å². The van der Waals surface area contributed by atoms with Gasteiger partial charge in [-0.2, -0.15) is 0 Å². The zero-order valence-corrected chi connectivity index (χ0v) is 16.6. The lowest BCUT2D eigenvalue weighted by Gasteiger charge is -2.08. The molecule has 0 fully saturated rings. The maximum atomic E-state index is 13.1. The van der Waals surface area contributed by atoms with Crippen molar-refractivity contribution in [1.29, 1.82) is 0 Å². The minimum absolute atomic E-state index is 0.0314. The lowest BCUT2D eigenvalue weighted by atomic mass is 10.0. The monoisotopic (exact) mass is 374 g/mol. The van der Waals surface area contributed by atoms with E-state index in [1.807, 2.05) is 25.1 Å². The molecule has 2 heterocycles. The van der Waals surface area contributed by atoms with Gasteiger partial charge >= 0.3 is 0 Å². The standard InChI is InChI=1S/C23H22N2OS/c1-15(2)18-11-9-17(10-12-18)13-25-14-24-22-20(23(25)26)16(3)21(27-22)19-7-5-4-6-8-19/h4-12,14-15H,13H2,1-3H3. The second kappa shape index (κ2) is 7.12. The van der Waals surface area contributed by atoms with Crippen molar-refractivity contribution in [3.05, 3.63) is 88.0 Å². The molecule has 0 N–H and O–H groups in total. The Morgan fingerprint density at radius 3 is 2.41 bits per heavy atom. The Hall–Kier alpha value is -2.72. The molecule has 136 valence electrons. The minimum atomic E-state index is 0.0314. The Morgan fingerprint density at radius 2 is 1.74 bits per heavy atom. The first-order chi connectivity index (χ1) is 13.0. The van der Waals surface area contributed by atoms with Crippen LogP contribution in [0.25, 0.3) is 20.7 Å². The van der Waals surface area contributed by atoms with Crippen LogP contribution in [0.5, 0.6) is 0 Å². The van der Waals surface area contributed by atoms with E-state index in [0.29, 0.717) is 12.5 Å². The average molecular weight is 375 g/mol. The largest absolute Gasteiger partial charge is 0.294 e. The summed E-state index contributed by atoms with van der Waals surface area (Å²) >= 11 is 1.59. The van der Waals surface area contributed by atoms with Crippen LogP contribution in [0.2, 0.25) is 0 Å². The molecule has 0 aliphatic carbocycles. The number of benzene rings is 2. The van der Waals surface area contributed by atoms with Gasteiger partial charge in [-0.25, -0.2) is 4.98 Å². The van der Waals surface area contributed by atoms with Gasteiger partial charge in [0, 0.05) is 4.88 Å². The number of aryl methyl sites for hydroxylation is 1. The lowest BCUT2D eigenvalue weighted by Crippen LogP contribution is -2.21. The summed E-state index contributed by atoms with van der Waals surface area (Å²) in [4.78, 5) is 19.6. The van der Waals surface area contributed by atoms with Crippen LogP contribution in [0, 0.1) is 6.92 Å². The zero-order valence-electron chi connectivity index (χ0n) is 15.8. The molecule has 3 nitrogen and oxygen atoms in total. The number of hydrogen-bond acceptors (Lipinski definition) is 3. The van der Waals surface area contributed by atoms with Crippen molar-refractivity contribution in [3.63, 3.8) is 0 Å². The topological polar surface area (TPSA) is 34.9 Å². The molecule has 0 atom stereocenters. The zero-order chi connectivity index (χ0) is 19.0. The fourth-order valence-electron chi connectivity index (χ4n) is 3.34. The molecule has 0 saturated carbocycles. The second-order valence-corrected chi connectivity index (χ2v) is 8.18. The molecule has 4 rings (SSSR count). The first kappa shape index (κ1) is 17.7. The molecule has 0 amide bonds. The van der Waals surface area contributed by atoms with Crippen molar-refractivity contribution < 1.29 is 0 Å². The van der Waals surface area contributed by atoms with Crippen LogP contribution in [-0.2, 0) is 6.54 Å². The van der Waals surface area contributed by atoms with Gasteiger partial charge < -0.3 is 0 Å². The van der Waals surface area contributed by atoms with Crippen LogP contribution in [0.15, 0.2) is 65.7 Å². The fraction of sp³-hybridized carbons (Fsp3) is 0.217. The van der Waals surface area contributed by atoms with Crippen LogP contribution in [0.4, 0.5) is 0 Å². The van der Waals surface area contributed by atoms with Crippen molar-refractivity contribution in [1.82, 2.24) is 9.55 Å². The highest BCUT2D eigenvalue weighted by atomic mass is 32.1. The Balaban J connectivity index is 1.74. The van der Waals surface area contributed by atoms with Gasteiger partial charge in [0.2, 0.25) is 0 Å². The molecule has 0 bridgehead atoms. The van der Waals surface area contributed by atoms with Gasteiger partial charge in [0.1, 0.15) is 4.83 Å². The van der Waals surface area contributed by atoms with Crippen molar-refractivity contribution in [3.8, 4) is 10.4 Å². The summed E-state index contributed by atoms with van der Waals surface area (Å²) in [5, 5.41) is 0.736. The van der Waals surface area contributed by atoms with Gasteiger partial charge in [-0.1, -0.05) is 68.4 Å². The van der Waals surface area contributed by atoms with E-state index in [0.717, 1.165) is 31.8 Å². The van der Waals surface area contributed by atoms with E-state index in [-0.39, 0.29) is 5.56 Å². The highest BCUT2D eigenvalue weighted by Gasteiger charge is 2.15. The normalized spacial score (nSPS) is 11.4. The molecule has 0 unspecified atom stereocenters. The molecule has 0 aliphatic rings. The van der Waals surface area contributed by atoms with Crippen LogP contribution < -0.4 is 5.56 Å². The van der Waals surface area contributed by atoms with Crippen LogP contribution >= 0.6 is 11.3 Å². The Morgan fingerprint density at radius 1 is 1.04 bits per heavy atom. The number of aromatic nitrogens is 2. The van der Waals surface area contributed by atoms with Gasteiger partial charge in [-0.3, -0.25) is 9.36 Å². The quantitative estimate of drug-likeness (QED) is 0.466. The molecule has 2 aromatic carbocycles. The molecule has 4 heteroatoms. The fourth-order valence-corrected chi connectivity index (χ4v) is 4.49. The average Bonchev–Trinajstić information content (AvgIpc) is 3.02. The Kier molecular flexibility index (Phi) is 4.66. The van der Waals surface area contributed by atoms with Crippen molar-refractivity contribution >= 4 is 21.6 Å². The molecule has 0 saturated heterocycles. The van der Waals surface area contributed by atoms with E-state index in [4.69, 9.17) is 0 Å². The predicted molar refractivity (Wildman–Crippen MR) is 114 cm³/mol. The SMILES string of the molecule is Cc1c(-c2ccccc2)sc2ncn(Cc3ccc(C(C)C)cc3)c(=O)c12. The maximum absolute atomic E-state index is 13.1. The van der Waals surface area contributed by atoms with E-state index in [1.54, 1.807) is 22.2 Å². The van der Waals surface area contributed by atoms with E-state index in [9.17, 15) is 4.79 Å². The molecular weight excluding hydrogens is 352 g/mol. The minimum Gasteiger partial charge on any atom is -0.294 e. The summed E-state index contributed by atoms with van der Waals surface area (Å²) in [7, 11) is 0. The van der Waals surface area contributed by atoms with Gasteiger partial charge in [-0.15, -0.1) is 11.3 Å². The van der Waals surface area contributed by atoms with Gasteiger partial charge in [-0.05, 0) is 35.1 Å². The third kappa shape index (κ3) is 3.33. The number of hydrogen-bond donors (Lipinski definition) is 0. The molecule has 2 aromatic heterocycles. The molecule has 0 aliphatic heterocycles. The van der Waals surface area contributed by atoms with Gasteiger partial charge in [0.25, 0.3) is 5.56 Å². The van der Waals surface area contributed by atoms with E-state index >= 15 is 0 Å². The number of fused-ring (bicyclic) bond motifs is 1.